The third-order valence-corrected chi connectivity index (χ3v) is 2.25. The summed E-state index contributed by atoms with van der Waals surface area (Å²) in [7, 11) is 2.66. The van der Waals surface area contributed by atoms with Gasteiger partial charge in [-0.2, -0.15) is 0 Å². The Kier molecular flexibility index (Phi) is 4.79. The number of hydrogen-bond acceptors (Lipinski definition) is 4. The van der Waals surface area contributed by atoms with Crippen molar-refractivity contribution in [3.63, 3.8) is 0 Å². The van der Waals surface area contributed by atoms with Crippen molar-refractivity contribution in [3.05, 3.63) is 35.4 Å². The minimum absolute atomic E-state index is 0.131. The Balaban J connectivity index is 3.02. The van der Waals surface area contributed by atoms with E-state index in [1.54, 1.807) is 12.1 Å². The molecule has 0 N–H and O–H groups in total. The van der Waals surface area contributed by atoms with Gasteiger partial charge in [-0.25, -0.2) is 4.79 Å². The number of esters is 1. The minimum Gasteiger partial charge on any atom is -0.464 e. The topological polar surface area (TPSA) is 47.9 Å². The van der Waals surface area contributed by atoms with E-state index in [-0.39, 0.29) is 5.71 Å². The molecule has 0 heterocycles. The molecule has 0 atom stereocenters. The molecular weight excluding hydrogens is 230 g/mol. The highest BCUT2D eigenvalue weighted by atomic mass is 35.5. The van der Waals surface area contributed by atoms with E-state index >= 15 is 0 Å². The lowest BCUT2D eigenvalue weighted by molar-refractivity contribution is -0.132. The van der Waals surface area contributed by atoms with Crippen LogP contribution in [-0.4, -0.2) is 25.9 Å². The van der Waals surface area contributed by atoms with Crippen LogP contribution in [0.1, 0.15) is 11.1 Å². The van der Waals surface area contributed by atoms with Crippen molar-refractivity contribution in [3.8, 4) is 0 Å². The SMILES string of the molecule is CO/N=C(\C(=O)OC)c1ccc(CCl)cc1. The van der Waals surface area contributed by atoms with Gasteiger partial charge in [0.25, 0.3) is 0 Å². The summed E-state index contributed by atoms with van der Waals surface area (Å²) in [6.07, 6.45) is 0. The standard InChI is InChI=1S/C11H12ClNO3/c1-15-11(14)10(13-16-2)9-5-3-8(7-12)4-6-9/h3-6H,7H2,1-2H3/b13-10-. The smallest absolute Gasteiger partial charge is 0.360 e. The van der Waals surface area contributed by atoms with Crippen molar-refractivity contribution < 1.29 is 14.4 Å². The molecule has 0 spiro atoms. The van der Waals surface area contributed by atoms with E-state index in [9.17, 15) is 4.79 Å². The second-order valence-electron chi connectivity index (χ2n) is 2.94. The normalized spacial score (nSPS) is 11.1. The minimum atomic E-state index is -0.541. The van der Waals surface area contributed by atoms with Crippen LogP contribution in [0.15, 0.2) is 29.4 Å². The van der Waals surface area contributed by atoms with Crippen LogP contribution in [0.4, 0.5) is 0 Å². The van der Waals surface area contributed by atoms with Crippen LogP contribution in [-0.2, 0) is 20.2 Å². The number of methoxy groups -OCH3 is 1. The van der Waals surface area contributed by atoms with Crippen molar-refractivity contribution in [1.82, 2.24) is 0 Å². The molecule has 0 fully saturated rings. The van der Waals surface area contributed by atoms with Gasteiger partial charge >= 0.3 is 5.97 Å². The Morgan fingerprint density at radius 2 is 1.94 bits per heavy atom. The second-order valence-corrected chi connectivity index (χ2v) is 3.21. The van der Waals surface area contributed by atoms with Crippen LogP contribution < -0.4 is 0 Å². The summed E-state index contributed by atoms with van der Waals surface area (Å²) in [5.41, 5.74) is 1.72. The van der Waals surface area contributed by atoms with Crippen molar-refractivity contribution in [1.29, 1.82) is 0 Å². The average Bonchev–Trinajstić information content (AvgIpc) is 2.35. The molecule has 0 aromatic heterocycles. The van der Waals surface area contributed by atoms with Gasteiger partial charge in [0.15, 0.2) is 5.71 Å². The molecule has 0 aliphatic carbocycles. The Hall–Kier alpha value is -1.55. The number of benzene rings is 1. The van der Waals surface area contributed by atoms with Gasteiger partial charge in [-0.05, 0) is 5.56 Å². The molecule has 0 unspecified atom stereocenters. The third-order valence-electron chi connectivity index (χ3n) is 1.94. The van der Waals surface area contributed by atoms with Crippen LogP contribution in [0.3, 0.4) is 0 Å². The van der Waals surface area contributed by atoms with E-state index < -0.39 is 5.97 Å². The Labute approximate surface area is 98.8 Å². The molecule has 16 heavy (non-hydrogen) atoms. The van der Waals surface area contributed by atoms with Crippen molar-refractivity contribution in [2.24, 2.45) is 5.16 Å². The van der Waals surface area contributed by atoms with Gasteiger partial charge < -0.3 is 9.57 Å². The molecule has 1 rings (SSSR count). The highest BCUT2D eigenvalue weighted by molar-refractivity contribution is 6.43. The maximum Gasteiger partial charge on any atom is 0.360 e. The number of carbonyl (C=O) groups is 1. The molecule has 4 nitrogen and oxygen atoms in total. The molecule has 0 aliphatic heterocycles. The first-order valence-corrected chi connectivity index (χ1v) is 5.11. The quantitative estimate of drug-likeness (QED) is 0.350. The van der Waals surface area contributed by atoms with Gasteiger partial charge in [0.1, 0.15) is 7.11 Å². The molecule has 5 heteroatoms. The Bertz CT molecular complexity index is 387. The van der Waals surface area contributed by atoms with E-state index in [2.05, 4.69) is 14.7 Å². The molecule has 1 aromatic rings. The second kappa shape index (κ2) is 6.12. The molecule has 0 saturated carbocycles. The summed E-state index contributed by atoms with van der Waals surface area (Å²) < 4.78 is 4.60. The first kappa shape index (κ1) is 12.5. The molecule has 0 amide bonds. The molecule has 1 aromatic carbocycles. The summed E-state index contributed by atoms with van der Waals surface area (Å²) >= 11 is 5.66. The predicted molar refractivity (Wildman–Crippen MR) is 61.6 cm³/mol. The fourth-order valence-corrected chi connectivity index (χ4v) is 1.33. The molecule has 0 aliphatic rings. The van der Waals surface area contributed by atoms with E-state index in [4.69, 9.17) is 11.6 Å². The number of oxime groups is 1. The lowest BCUT2D eigenvalue weighted by Crippen LogP contribution is -2.17. The Morgan fingerprint density at radius 3 is 2.38 bits per heavy atom. The van der Waals surface area contributed by atoms with Crippen LogP contribution in [0.2, 0.25) is 0 Å². The lowest BCUT2D eigenvalue weighted by atomic mass is 10.1. The predicted octanol–water partition coefficient (Wildman–Crippen LogP) is 1.95. The summed E-state index contributed by atoms with van der Waals surface area (Å²) in [6.45, 7) is 0. The van der Waals surface area contributed by atoms with Crippen LogP contribution >= 0.6 is 11.6 Å². The molecule has 86 valence electrons. The van der Waals surface area contributed by atoms with Crippen molar-refractivity contribution in [2.45, 2.75) is 5.88 Å². The van der Waals surface area contributed by atoms with E-state index in [0.29, 0.717) is 11.4 Å². The maximum atomic E-state index is 11.4. The number of nitrogens with zero attached hydrogens (tertiary/aromatic N) is 1. The van der Waals surface area contributed by atoms with Gasteiger partial charge in [0.05, 0.1) is 7.11 Å². The Morgan fingerprint density at radius 1 is 1.31 bits per heavy atom. The number of hydrogen-bond donors (Lipinski definition) is 0. The van der Waals surface area contributed by atoms with Gasteiger partial charge in [0.2, 0.25) is 0 Å². The summed E-state index contributed by atoms with van der Waals surface area (Å²) in [6, 6.07) is 7.12. The number of alkyl halides is 1. The number of rotatable bonds is 4. The first-order valence-electron chi connectivity index (χ1n) is 4.57. The maximum absolute atomic E-state index is 11.4. The zero-order valence-corrected chi connectivity index (χ0v) is 9.82. The monoisotopic (exact) mass is 241 g/mol. The largest absolute Gasteiger partial charge is 0.464 e. The lowest BCUT2D eigenvalue weighted by Gasteiger charge is -2.04. The van der Waals surface area contributed by atoms with E-state index in [0.717, 1.165) is 5.56 Å². The van der Waals surface area contributed by atoms with Crippen molar-refractivity contribution >= 4 is 23.3 Å². The number of ether oxygens (including phenoxy) is 1. The van der Waals surface area contributed by atoms with Gasteiger partial charge in [-0.1, -0.05) is 29.4 Å². The average molecular weight is 242 g/mol. The highest BCUT2D eigenvalue weighted by Gasteiger charge is 2.15. The van der Waals surface area contributed by atoms with Crippen molar-refractivity contribution in [2.75, 3.05) is 14.2 Å². The fourth-order valence-electron chi connectivity index (χ4n) is 1.15. The molecular formula is C11H12ClNO3. The van der Waals surface area contributed by atoms with Gasteiger partial charge in [0, 0.05) is 11.4 Å². The van der Waals surface area contributed by atoms with Crippen LogP contribution in [0.25, 0.3) is 0 Å². The summed E-state index contributed by atoms with van der Waals surface area (Å²) in [4.78, 5) is 16.0. The number of halogens is 1. The molecule has 0 bridgehead atoms. The zero-order valence-electron chi connectivity index (χ0n) is 9.07. The summed E-state index contributed by atoms with van der Waals surface area (Å²) in [5, 5.41) is 3.63. The van der Waals surface area contributed by atoms with E-state index in [1.165, 1.54) is 14.2 Å². The van der Waals surface area contributed by atoms with Crippen LogP contribution in [0.5, 0.6) is 0 Å². The molecule has 0 saturated heterocycles. The number of carbonyl (C=O) groups excluding carboxylic acids is 1. The van der Waals surface area contributed by atoms with E-state index in [1.807, 2.05) is 12.1 Å². The fraction of sp³-hybridized carbons (Fsp3) is 0.273. The zero-order chi connectivity index (χ0) is 12.0. The third kappa shape index (κ3) is 2.97. The summed E-state index contributed by atoms with van der Waals surface area (Å²) in [5.74, 6) is -0.115. The van der Waals surface area contributed by atoms with Crippen LogP contribution in [0, 0.1) is 0 Å². The van der Waals surface area contributed by atoms with Gasteiger partial charge in [-0.3, -0.25) is 0 Å². The van der Waals surface area contributed by atoms with Gasteiger partial charge in [-0.15, -0.1) is 11.6 Å². The first-order chi connectivity index (χ1) is 7.72. The highest BCUT2D eigenvalue weighted by Crippen LogP contribution is 2.09. The molecule has 0 radical (unpaired) electrons.